The van der Waals surface area contributed by atoms with Gasteiger partial charge in [-0.25, -0.2) is 4.79 Å². The summed E-state index contributed by atoms with van der Waals surface area (Å²) in [5.74, 6) is -0.0603. The van der Waals surface area contributed by atoms with Gasteiger partial charge in [0.15, 0.2) is 0 Å². The van der Waals surface area contributed by atoms with Crippen molar-refractivity contribution >= 4 is 16.1 Å². The Labute approximate surface area is 180 Å². The van der Waals surface area contributed by atoms with Crippen molar-refractivity contribution in [1.82, 2.24) is 10.2 Å². The van der Waals surface area contributed by atoms with Gasteiger partial charge in [-0.15, -0.1) is 0 Å². The number of rotatable bonds is 8. The van der Waals surface area contributed by atoms with E-state index in [9.17, 15) is 26.4 Å². The first-order valence-electron chi connectivity index (χ1n) is 9.73. The van der Waals surface area contributed by atoms with Crippen LogP contribution >= 0.6 is 0 Å². The number of urea groups is 1. The van der Waals surface area contributed by atoms with Gasteiger partial charge in [0.25, 0.3) is 0 Å². The molecule has 1 N–H and O–H groups in total. The lowest BCUT2D eigenvalue weighted by Gasteiger charge is -2.28. The molecule has 2 rings (SSSR count). The zero-order valence-electron chi connectivity index (χ0n) is 17.4. The highest BCUT2D eigenvalue weighted by molar-refractivity contribution is 7.87. The van der Waals surface area contributed by atoms with Crippen LogP contribution < -0.4 is 9.50 Å². The summed E-state index contributed by atoms with van der Waals surface area (Å²) in [7, 11) is -4.48. The second-order valence-electron chi connectivity index (χ2n) is 6.93. The third-order valence-electron chi connectivity index (χ3n) is 4.62. The molecule has 0 saturated carbocycles. The van der Waals surface area contributed by atoms with Gasteiger partial charge in [-0.2, -0.15) is 21.6 Å². The molecule has 0 bridgehead atoms. The molecule has 0 unspecified atom stereocenters. The summed E-state index contributed by atoms with van der Waals surface area (Å²) in [5.41, 5.74) is -0.472. The molecule has 0 aromatic heterocycles. The number of alkyl halides is 3. The second kappa shape index (κ2) is 10.0. The van der Waals surface area contributed by atoms with Gasteiger partial charge in [-0.05, 0) is 56.2 Å². The smallest absolute Gasteiger partial charge is 0.379 e. The van der Waals surface area contributed by atoms with E-state index in [-0.39, 0.29) is 24.4 Å². The number of hydrogen-bond acceptors (Lipinski definition) is 4. The van der Waals surface area contributed by atoms with E-state index in [0.29, 0.717) is 18.2 Å². The summed E-state index contributed by atoms with van der Waals surface area (Å²) >= 11 is 0. The van der Waals surface area contributed by atoms with Crippen LogP contribution in [0.3, 0.4) is 0 Å². The molecule has 10 heteroatoms. The van der Waals surface area contributed by atoms with Crippen LogP contribution in [0.25, 0.3) is 0 Å². The summed E-state index contributed by atoms with van der Waals surface area (Å²) in [6, 6.07) is 9.12. The molecule has 2 aromatic carbocycles. The molecule has 0 aliphatic heterocycles. The van der Waals surface area contributed by atoms with Gasteiger partial charge in [0.05, 0.1) is 5.56 Å². The van der Waals surface area contributed by atoms with Crippen molar-refractivity contribution in [1.29, 1.82) is 0 Å². The van der Waals surface area contributed by atoms with E-state index in [0.717, 1.165) is 24.6 Å². The average molecular weight is 459 g/mol. The van der Waals surface area contributed by atoms with Gasteiger partial charge in [-0.3, -0.25) is 0 Å². The van der Waals surface area contributed by atoms with Crippen LogP contribution in [-0.4, -0.2) is 31.9 Å². The van der Waals surface area contributed by atoms with Gasteiger partial charge in [0.1, 0.15) is 10.6 Å². The fraction of sp³-hybridized carbons (Fsp3) is 0.381. The molecular weight excluding hydrogens is 433 g/mol. The quantitative estimate of drug-likeness (QED) is 0.577. The first-order valence-corrected chi connectivity index (χ1v) is 11.1. The van der Waals surface area contributed by atoms with E-state index < -0.39 is 26.8 Å². The third kappa shape index (κ3) is 6.61. The lowest BCUT2D eigenvalue weighted by molar-refractivity contribution is -0.137. The molecule has 0 spiro atoms. The van der Waals surface area contributed by atoms with Gasteiger partial charge in [-0.1, -0.05) is 25.1 Å². The van der Waals surface area contributed by atoms with Gasteiger partial charge >= 0.3 is 22.3 Å². The molecule has 0 saturated heterocycles. The predicted molar refractivity (Wildman–Crippen MR) is 110 cm³/mol. The highest BCUT2D eigenvalue weighted by Crippen LogP contribution is 2.31. The standard InChI is InChI=1S/C21H25F3N2O4S/c1-4-15(3)26(20(27)25-5-2)14-16-8-6-10-18(12-16)30-31(28,29)19-11-7-9-17(13-19)21(22,23)24/h6-13,15H,4-5,14H2,1-3H3,(H,25,27)/t15-/m0/s1. The van der Waals surface area contributed by atoms with Crippen molar-refractivity contribution in [3.05, 3.63) is 59.7 Å². The van der Waals surface area contributed by atoms with E-state index >= 15 is 0 Å². The highest BCUT2D eigenvalue weighted by Gasteiger charge is 2.32. The number of benzene rings is 2. The Morgan fingerprint density at radius 2 is 1.81 bits per heavy atom. The molecule has 2 aromatic rings. The Hall–Kier alpha value is -2.75. The van der Waals surface area contributed by atoms with Gasteiger partial charge in [0.2, 0.25) is 0 Å². The van der Waals surface area contributed by atoms with Crippen LogP contribution in [0.1, 0.15) is 38.3 Å². The molecule has 31 heavy (non-hydrogen) atoms. The van der Waals surface area contributed by atoms with E-state index in [1.807, 2.05) is 13.8 Å². The van der Waals surface area contributed by atoms with Crippen LogP contribution in [0, 0.1) is 0 Å². The first-order chi connectivity index (χ1) is 14.5. The molecule has 0 aliphatic rings. The molecule has 0 aliphatic carbocycles. The maximum absolute atomic E-state index is 12.9. The summed E-state index contributed by atoms with van der Waals surface area (Å²) < 4.78 is 68.8. The lowest BCUT2D eigenvalue weighted by atomic mass is 10.1. The van der Waals surface area contributed by atoms with Crippen molar-refractivity contribution in [2.45, 2.75) is 50.9 Å². The molecule has 0 heterocycles. The van der Waals surface area contributed by atoms with Crippen LogP contribution in [0.2, 0.25) is 0 Å². The van der Waals surface area contributed by atoms with Gasteiger partial charge in [0, 0.05) is 19.1 Å². The lowest BCUT2D eigenvalue weighted by Crippen LogP contribution is -2.44. The largest absolute Gasteiger partial charge is 0.416 e. The molecule has 6 nitrogen and oxygen atoms in total. The Balaban J connectivity index is 2.26. The zero-order valence-corrected chi connectivity index (χ0v) is 18.3. The van der Waals surface area contributed by atoms with Crippen molar-refractivity contribution in [2.75, 3.05) is 6.54 Å². The minimum absolute atomic E-state index is 0.0603. The van der Waals surface area contributed by atoms with Crippen LogP contribution in [0.5, 0.6) is 5.75 Å². The van der Waals surface area contributed by atoms with E-state index in [1.165, 1.54) is 12.1 Å². The molecule has 1 atom stereocenters. The minimum atomic E-state index is -4.68. The average Bonchev–Trinajstić information content (AvgIpc) is 2.71. The SMILES string of the molecule is CCNC(=O)N(Cc1cccc(OS(=O)(=O)c2cccc(C(F)(F)F)c2)c1)[C@@H](C)CC. The first kappa shape index (κ1) is 24.5. The van der Waals surface area contributed by atoms with Crippen molar-refractivity contribution in [3.63, 3.8) is 0 Å². The third-order valence-corrected chi connectivity index (χ3v) is 5.86. The maximum atomic E-state index is 12.9. The molecule has 0 fully saturated rings. The molecular formula is C21H25F3N2O4S. The number of halogens is 3. The number of amides is 2. The fourth-order valence-corrected chi connectivity index (χ4v) is 3.77. The van der Waals surface area contributed by atoms with E-state index in [4.69, 9.17) is 4.18 Å². The van der Waals surface area contributed by atoms with Crippen LogP contribution in [-0.2, 0) is 22.8 Å². The normalized spacial score (nSPS) is 12.8. The molecule has 170 valence electrons. The number of carbonyl (C=O) groups excluding carboxylic acids is 1. The van der Waals surface area contributed by atoms with Crippen molar-refractivity contribution in [3.8, 4) is 5.75 Å². The Kier molecular flexibility index (Phi) is 7.94. The zero-order chi connectivity index (χ0) is 23.2. The minimum Gasteiger partial charge on any atom is -0.379 e. The Morgan fingerprint density at radius 3 is 2.42 bits per heavy atom. The molecule has 2 amide bonds. The Morgan fingerprint density at radius 1 is 1.13 bits per heavy atom. The monoisotopic (exact) mass is 458 g/mol. The van der Waals surface area contributed by atoms with E-state index in [2.05, 4.69) is 5.32 Å². The number of nitrogens with one attached hydrogen (secondary N) is 1. The van der Waals surface area contributed by atoms with Crippen LogP contribution in [0.4, 0.5) is 18.0 Å². The number of carbonyl (C=O) groups is 1. The Bertz CT molecular complexity index is 1010. The highest BCUT2D eigenvalue weighted by atomic mass is 32.2. The topological polar surface area (TPSA) is 75.7 Å². The van der Waals surface area contributed by atoms with Crippen LogP contribution in [0.15, 0.2) is 53.4 Å². The fourth-order valence-electron chi connectivity index (χ4n) is 2.80. The summed E-state index contributed by atoms with van der Waals surface area (Å²) in [6.45, 7) is 6.32. The summed E-state index contributed by atoms with van der Waals surface area (Å²) in [5, 5.41) is 2.74. The number of nitrogens with zero attached hydrogens (tertiary/aromatic N) is 1. The number of hydrogen-bond donors (Lipinski definition) is 1. The van der Waals surface area contributed by atoms with Crippen molar-refractivity contribution < 1.29 is 30.6 Å². The maximum Gasteiger partial charge on any atom is 0.416 e. The van der Waals surface area contributed by atoms with E-state index in [1.54, 1.807) is 24.0 Å². The summed E-state index contributed by atoms with van der Waals surface area (Å²) in [6.07, 6.45) is -3.96. The molecule has 0 radical (unpaired) electrons. The second-order valence-corrected chi connectivity index (χ2v) is 8.48. The predicted octanol–water partition coefficient (Wildman–Crippen LogP) is 4.80. The summed E-state index contributed by atoms with van der Waals surface area (Å²) in [4.78, 5) is 13.4. The van der Waals surface area contributed by atoms with Crippen molar-refractivity contribution in [2.24, 2.45) is 0 Å². The van der Waals surface area contributed by atoms with Gasteiger partial charge < -0.3 is 14.4 Å².